The van der Waals surface area contributed by atoms with E-state index >= 15 is 0 Å². The smallest absolute Gasteiger partial charge is 0.248 e. The second-order valence-electron chi connectivity index (χ2n) is 7.18. The van der Waals surface area contributed by atoms with Crippen LogP contribution >= 0.6 is 11.6 Å². The van der Waals surface area contributed by atoms with Gasteiger partial charge in [0.15, 0.2) is 14.9 Å². The average molecular weight is 437 g/mol. The van der Waals surface area contributed by atoms with Crippen molar-refractivity contribution in [2.75, 3.05) is 12.9 Å². The number of imidazole rings is 1. The Balaban J connectivity index is 1.92. The molecule has 1 aliphatic rings. The first-order chi connectivity index (χ1) is 13.0. The van der Waals surface area contributed by atoms with Gasteiger partial charge < -0.3 is 9.72 Å². The molecule has 28 heavy (non-hydrogen) atoms. The Hall–Kier alpha value is -1.58. The number of nitrogens with one attached hydrogen (secondary N) is 1. The number of alkyl halides is 2. The summed E-state index contributed by atoms with van der Waals surface area (Å²) in [6.45, 7) is 1.59. The highest BCUT2D eigenvalue weighted by Crippen LogP contribution is 2.40. The van der Waals surface area contributed by atoms with Crippen molar-refractivity contribution in [3.8, 4) is 0 Å². The molecule has 1 saturated carbocycles. The molecular formula is C18H20ClF3N2O3S. The maximum absolute atomic E-state index is 13.5. The van der Waals surface area contributed by atoms with Gasteiger partial charge in [0.05, 0.1) is 17.3 Å². The molecule has 2 aromatic rings. The SMILES string of the molecule is Cc1[nH]c(C(OC[C@H]2CCC(F)(F)C2)c2ccc(F)c(Cl)c2)nc1S(C)(=O)=O. The van der Waals surface area contributed by atoms with Crippen LogP contribution < -0.4 is 0 Å². The molecule has 10 heteroatoms. The number of H-pyrrole nitrogens is 1. The molecule has 1 aliphatic carbocycles. The third-order valence-corrected chi connectivity index (χ3v) is 6.10. The number of hydrogen-bond acceptors (Lipinski definition) is 4. The highest BCUT2D eigenvalue weighted by molar-refractivity contribution is 7.90. The Morgan fingerprint density at radius 2 is 2.14 bits per heavy atom. The summed E-state index contributed by atoms with van der Waals surface area (Å²) in [6.07, 6.45) is 0.00407. The van der Waals surface area contributed by atoms with Crippen LogP contribution in [0.4, 0.5) is 13.2 Å². The monoisotopic (exact) mass is 436 g/mol. The third kappa shape index (κ3) is 4.69. The van der Waals surface area contributed by atoms with Crippen LogP contribution in [0.2, 0.25) is 5.02 Å². The molecule has 0 saturated heterocycles. The summed E-state index contributed by atoms with van der Waals surface area (Å²) in [4.78, 5) is 7.01. The van der Waals surface area contributed by atoms with Gasteiger partial charge in [0.25, 0.3) is 0 Å². The van der Waals surface area contributed by atoms with Gasteiger partial charge >= 0.3 is 0 Å². The Bertz CT molecular complexity index is 978. The minimum Gasteiger partial charge on any atom is -0.365 e. The van der Waals surface area contributed by atoms with Gasteiger partial charge in [0.1, 0.15) is 17.7 Å². The van der Waals surface area contributed by atoms with Crippen LogP contribution in [0.3, 0.4) is 0 Å². The predicted octanol–water partition coefficient (Wildman–Crippen LogP) is 4.46. The molecule has 0 bridgehead atoms. The zero-order valence-electron chi connectivity index (χ0n) is 15.3. The van der Waals surface area contributed by atoms with E-state index in [1.54, 1.807) is 6.92 Å². The number of aryl methyl sites for hydroxylation is 1. The van der Waals surface area contributed by atoms with Gasteiger partial charge in [-0.15, -0.1) is 0 Å². The van der Waals surface area contributed by atoms with E-state index in [9.17, 15) is 21.6 Å². The third-order valence-electron chi connectivity index (χ3n) is 4.71. The molecule has 1 unspecified atom stereocenters. The maximum atomic E-state index is 13.5. The normalized spacial score (nSPS) is 20.4. The molecule has 0 spiro atoms. The van der Waals surface area contributed by atoms with E-state index in [1.807, 2.05) is 0 Å². The molecular weight excluding hydrogens is 417 g/mol. The summed E-state index contributed by atoms with van der Waals surface area (Å²) in [5.41, 5.74) is 0.761. The van der Waals surface area contributed by atoms with Crippen LogP contribution in [0.5, 0.6) is 0 Å². The standard InChI is InChI=1S/C18H20ClF3N2O3S/c1-10-17(28(2,25)26)24-16(23-10)15(12-3-4-14(20)13(19)7-12)27-9-11-5-6-18(21,22)8-11/h3-4,7,11,15H,5-6,8-9H2,1-2H3,(H,23,24)/t11-,15?/m0/s1. The summed E-state index contributed by atoms with van der Waals surface area (Å²) >= 11 is 5.86. The molecule has 1 aromatic carbocycles. The van der Waals surface area contributed by atoms with Crippen LogP contribution in [0.25, 0.3) is 0 Å². The predicted molar refractivity (Wildman–Crippen MR) is 97.9 cm³/mol. The highest BCUT2D eigenvalue weighted by Gasteiger charge is 2.40. The van der Waals surface area contributed by atoms with E-state index in [0.717, 1.165) is 12.3 Å². The molecule has 2 atom stereocenters. The topological polar surface area (TPSA) is 72.0 Å². The Kier molecular flexibility index (Phi) is 5.80. The lowest BCUT2D eigenvalue weighted by molar-refractivity contribution is -0.00685. The summed E-state index contributed by atoms with van der Waals surface area (Å²) in [5, 5.41) is -0.262. The Morgan fingerprint density at radius 1 is 1.43 bits per heavy atom. The van der Waals surface area contributed by atoms with E-state index in [0.29, 0.717) is 17.7 Å². The van der Waals surface area contributed by atoms with Crippen molar-refractivity contribution >= 4 is 21.4 Å². The molecule has 0 aliphatic heterocycles. The number of benzene rings is 1. The van der Waals surface area contributed by atoms with E-state index in [1.165, 1.54) is 12.1 Å². The first kappa shape index (κ1) is 21.1. The van der Waals surface area contributed by atoms with Crippen molar-refractivity contribution in [1.82, 2.24) is 9.97 Å². The van der Waals surface area contributed by atoms with Gasteiger partial charge in [-0.2, -0.15) is 0 Å². The highest BCUT2D eigenvalue weighted by atomic mass is 35.5. The van der Waals surface area contributed by atoms with Crippen LogP contribution in [0, 0.1) is 18.7 Å². The van der Waals surface area contributed by atoms with Crippen LogP contribution in [0.15, 0.2) is 23.2 Å². The molecule has 0 radical (unpaired) electrons. The van der Waals surface area contributed by atoms with Crippen LogP contribution in [0.1, 0.15) is 42.4 Å². The van der Waals surface area contributed by atoms with Crippen molar-refractivity contribution in [3.63, 3.8) is 0 Å². The quantitative estimate of drug-likeness (QED) is 0.725. The zero-order chi connectivity index (χ0) is 20.7. The number of aromatic nitrogens is 2. The van der Waals surface area contributed by atoms with Crippen LogP contribution in [-0.2, 0) is 14.6 Å². The number of aromatic amines is 1. The Morgan fingerprint density at radius 3 is 2.68 bits per heavy atom. The number of halogens is 4. The lowest BCUT2D eigenvalue weighted by atomic mass is 10.1. The van der Waals surface area contributed by atoms with Gasteiger partial charge in [-0.3, -0.25) is 0 Å². The van der Waals surface area contributed by atoms with Crippen molar-refractivity contribution in [2.24, 2.45) is 5.92 Å². The lowest BCUT2D eigenvalue weighted by Crippen LogP contribution is -2.16. The first-order valence-corrected chi connectivity index (χ1v) is 10.9. The van der Waals surface area contributed by atoms with Gasteiger partial charge in [0.2, 0.25) is 5.92 Å². The second-order valence-corrected chi connectivity index (χ2v) is 9.51. The maximum Gasteiger partial charge on any atom is 0.248 e. The van der Waals surface area contributed by atoms with Gasteiger partial charge in [-0.05, 0) is 37.0 Å². The number of ether oxygens (including phenoxy) is 1. The Labute approximate surface area is 166 Å². The number of nitrogens with zero attached hydrogens (tertiary/aromatic N) is 1. The largest absolute Gasteiger partial charge is 0.365 e. The van der Waals surface area contributed by atoms with E-state index < -0.39 is 27.7 Å². The molecule has 1 aromatic heterocycles. The van der Waals surface area contributed by atoms with Gasteiger partial charge in [-0.1, -0.05) is 17.7 Å². The summed E-state index contributed by atoms with van der Waals surface area (Å²) in [5.74, 6) is -3.47. The van der Waals surface area contributed by atoms with Crippen molar-refractivity contribution in [2.45, 2.75) is 43.2 Å². The first-order valence-electron chi connectivity index (χ1n) is 8.67. The molecule has 5 nitrogen and oxygen atoms in total. The lowest BCUT2D eigenvalue weighted by Gasteiger charge is -2.19. The average Bonchev–Trinajstić information content (AvgIpc) is 3.13. The van der Waals surface area contributed by atoms with Crippen molar-refractivity contribution in [1.29, 1.82) is 0 Å². The van der Waals surface area contributed by atoms with Crippen LogP contribution in [-0.4, -0.2) is 37.2 Å². The molecule has 1 heterocycles. The van der Waals surface area contributed by atoms with Crippen molar-refractivity contribution < 1.29 is 26.3 Å². The summed E-state index contributed by atoms with van der Waals surface area (Å²) in [7, 11) is -3.57. The summed E-state index contributed by atoms with van der Waals surface area (Å²) < 4.78 is 70.1. The minimum atomic E-state index is -3.57. The fourth-order valence-electron chi connectivity index (χ4n) is 3.38. The van der Waals surface area contributed by atoms with E-state index in [2.05, 4.69) is 9.97 Å². The van der Waals surface area contributed by atoms with Crippen molar-refractivity contribution in [3.05, 3.63) is 46.1 Å². The zero-order valence-corrected chi connectivity index (χ0v) is 16.9. The molecule has 1 fully saturated rings. The minimum absolute atomic E-state index is 0.0310. The molecule has 154 valence electrons. The number of rotatable bonds is 6. The number of sulfone groups is 1. The number of hydrogen-bond donors (Lipinski definition) is 1. The summed E-state index contributed by atoms with van der Waals surface area (Å²) in [6, 6.07) is 3.95. The fourth-order valence-corrected chi connectivity index (χ4v) is 4.44. The van der Waals surface area contributed by atoms with Gasteiger partial charge in [0, 0.05) is 19.1 Å². The van der Waals surface area contributed by atoms with E-state index in [4.69, 9.17) is 16.3 Å². The molecule has 3 rings (SSSR count). The van der Waals surface area contributed by atoms with E-state index in [-0.39, 0.29) is 41.2 Å². The second kappa shape index (κ2) is 7.68. The molecule has 1 N–H and O–H groups in total. The van der Waals surface area contributed by atoms with Gasteiger partial charge in [-0.25, -0.2) is 26.6 Å². The molecule has 0 amide bonds. The fraction of sp³-hybridized carbons (Fsp3) is 0.500.